The topological polar surface area (TPSA) is 84.3 Å². The van der Waals surface area contributed by atoms with Crippen LogP contribution in [0.25, 0.3) is 0 Å². The minimum atomic E-state index is -1.08. The number of likely N-dealkylation sites (N-methyl/N-ethyl adjacent to an activating group) is 3. The Hall–Kier alpha value is -2.12. The van der Waals surface area contributed by atoms with Gasteiger partial charge in [-0.05, 0) is 90.2 Å². The first-order valence-electron chi connectivity index (χ1n) is 11.4. The molecule has 0 aromatic heterocycles. The molecule has 2 heterocycles. The largest absolute Gasteiger partial charge is 0.508 e. The van der Waals surface area contributed by atoms with Gasteiger partial charge in [-0.3, -0.25) is 9.69 Å². The molecule has 7 nitrogen and oxygen atoms in total. The van der Waals surface area contributed by atoms with Gasteiger partial charge in [-0.2, -0.15) is 0 Å². The maximum Gasteiger partial charge on any atom is 0.327 e. The molecule has 1 aliphatic carbocycles. The van der Waals surface area contributed by atoms with Crippen LogP contribution in [0.5, 0.6) is 5.75 Å². The zero-order valence-corrected chi connectivity index (χ0v) is 19.3. The van der Waals surface area contributed by atoms with E-state index in [1.807, 2.05) is 40.8 Å². The predicted octanol–water partition coefficient (Wildman–Crippen LogP) is 2.62. The summed E-state index contributed by atoms with van der Waals surface area (Å²) in [7, 11) is 2.02. The molecule has 3 aliphatic rings. The van der Waals surface area contributed by atoms with Gasteiger partial charge in [-0.15, -0.1) is 0 Å². The number of imide groups is 1. The van der Waals surface area contributed by atoms with Crippen molar-refractivity contribution in [3.8, 4) is 5.75 Å². The Morgan fingerprint density at radius 3 is 2.48 bits per heavy atom. The van der Waals surface area contributed by atoms with E-state index < -0.39 is 16.6 Å². The third-order valence-electron chi connectivity index (χ3n) is 8.58. The molecule has 0 bridgehead atoms. The molecule has 2 saturated heterocycles. The van der Waals surface area contributed by atoms with Crippen LogP contribution < -0.4 is 0 Å². The number of carbonyl (C=O) groups excluding carboxylic acids is 2. The number of likely N-dealkylation sites (tertiary alicyclic amines) is 1. The summed E-state index contributed by atoms with van der Waals surface area (Å²) in [6.07, 6.45) is 1.88. The molecular formula is C24H35N3O4. The number of aryl methyl sites for hydroxylation is 1. The number of rotatable bonds is 3. The van der Waals surface area contributed by atoms with Gasteiger partial charge in [0.1, 0.15) is 11.3 Å². The van der Waals surface area contributed by atoms with E-state index >= 15 is 0 Å². The summed E-state index contributed by atoms with van der Waals surface area (Å²) in [4.78, 5) is 32.0. The van der Waals surface area contributed by atoms with Gasteiger partial charge in [-0.25, -0.2) is 4.79 Å². The van der Waals surface area contributed by atoms with Crippen LogP contribution in [-0.4, -0.2) is 80.7 Å². The quantitative estimate of drug-likeness (QED) is 0.722. The van der Waals surface area contributed by atoms with Crippen LogP contribution in [0.3, 0.4) is 0 Å². The highest BCUT2D eigenvalue weighted by Crippen LogP contribution is 2.59. The van der Waals surface area contributed by atoms with E-state index in [9.17, 15) is 19.8 Å². The zero-order chi connectivity index (χ0) is 22.8. The summed E-state index contributed by atoms with van der Waals surface area (Å²) in [6.45, 7) is 9.33. The lowest BCUT2D eigenvalue weighted by molar-refractivity contribution is -0.176. The van der Waals surface area contributed by atoms with E-state index in [0.29, 0.717) is 38.8 Å². The van der Waals surface area contributed by atoms with Crippen molar-refractivity contribution in [2.75, 3.05) is 26.7 Å². The zero-order valence-electron chi connectivity index (χ0n) is 19.3. The van der Waals surface area contributed by atoms with Gasteiger partial charge in [0.05, 0.1) is 5.60 Å². The van der Waals surface area contributed by atoms with Crippen molar-refractivity contribution in [3.63, 3.8) is 0 Å². The lowest BCUT2D eigenvalue weighted by atomic mass is 9.49. The van der Waals surface area contributed by atoms with Gasteiger partial charge in [-0.1, -0.05) is 6.07 Å². The first-order chi connectivity index (χ1) is 14.6. The molecule has 1 aromatic carbocycles. The lowest BCUT2D eigenvalue weighted by Gasteiger charge is -2.63. The number of piperidine rings is 1. The molecule has 1 saturated carbocycles. The van der Waals surface area contributed by atoms with Gasteiger partial charge in [0.25, 0.3) is 5.91 Å². The number of fused-ring (bicyclic) bond motifs is 1. The Morgan fingerprint density at radius 2 is 1.84 bits per heavy atom. The van der Waals surface area contributed by atoms with E-state index in [2.05, 4.69) is 4.90 Å². The van der Waals surface area contributed by atoms with Crippen LogP contribution in [0.4, 0.5) is 4.79 Å². The third kappa shape index (κ3) is 2.72. The van der Waals surface area contributed by atoms with E-state index in [-0.39, 0.29) is 23.7 Å². The molecule has 0 unspecified atom stereocenters. The van der Waals surface area contributed by atoms with Crippen LogP contribution >= 0.6 is 0 Å². The fourth-order valence-corrected chi connectivity index (χ4v) is 6.72. The highest BCUT2D eigenvalue weighted by molar-refractivity contribution is 6.07. The number of aromatic hydroxyl groups is 1. The number of benzene rings is 1. The van der Waals surface area contributed by atoms with Gasteiger partial charge in [0.15, 0.2) is 0 Å². The standard InChI is InChI=1S/C24H35N3O4/c1-6-26-20(29)23(27(7-2)21(26)30)10-11-24(31)17(4)25(5)13-12-22(24,15-23)19-14-18(28)9-8-16(19)3/h8-9,14,17,28,31H,6-7,10-13,15H2,1-5H3/t17-,22-,23+,24-/m1/s1. The summed E-state index contributed by atoms with van der Waals surface area (Å²) in [5.74, 6) is 0.00699. The van der Waals surface area contributed by atoms with Crippen molar-refractivity contribution in [1.29, 1.82) is 0 Å². The molecule has 1 spiro atoms. The van der Waals surface area contributed by atoms with Crippen molar-refractivity contribution < 1.29 is 19.8 Å². The van der Waals surface area contributed by atoms with Gasteiger partial charge in [0, 0.05) is 24.5 Å². The SMILES string of the molecule is CCN1C(=O)N(CC)[C@]2(CC[C@@]3(O)[C@@H](C)N(C)CC[C@]3(c3cc(O)ccc3C)C2)C1=O. The van der Waals surface area contributed by atoms with Crippen molar-refractivity contribution in [1.82, 2.24) is 14.7 Å². The van der Waals surface area contributed by atoms with Gasteiger partial charge in [0.2, 0.25) is 0 Å². The minimum Gasteiger partial charge on any atom is -0.508 e. The molecule has 3 amide bonds. The van der Waals surface area contributed by atoms with E-state index in [0.717, 1.165) is 17.7 Å². The predicted molar refractivity (Wildman–Crippen MR) is 118 cm³/mol. The fourth-order valence-electron chi connectivity index (χ4n) is 6.72. The summed E-state index contributed by atoms with van der Waals surface area (Å²) >= 11 is 0. The second-order valence-electron chi connectivity index (χ2n) is 9.70. The fraction of sp³-hybridized carbons (Fsp3) is 0.667. The number of amides is 3. The number of nitrogens with zero attached hydrogens (tertiary/aromatic N) is 3. The third-order valence-corrected chi connectivity index (χ3v) is 8.58. The average Bonchev–Trinajstić information content (AvgIpc) is 2.94. The molecule has 170 valence electrons. The molecule has 1 aromatic rings. The smallest absolute Gasteiger partial charge is 0.327 e. The van der Waals surface area contributed by atoms with Crippen molar-refractivity contribution >= 4 is 11.9 Å². The molecule has 4 rings (SSSR count). The lowest BCUT2D eigenvalue weighted by Crippen LogP contribution is -2.73. The van der Waals surface area contributed by atoms with Crippen molar-refractivity contribution in [2.45, 2.75) is 76.0 Å². The van der Waals surface area contributed by atoms with Crippen LogP contribution in [-0.2, 0) is 10.2 Å². The van der Waals surface area contributed by atoms with Gasteiger partial charge < -0.3 is 20.0 Å². The number of aliphatic hydroxyl groups is 1. The Bertz CT molecular complexity index is 920. The van der Waals surface area contributed by atoms with Crippen LogP contribution in [0.2, 0.25) is 0 Å². The first kappa shape index (κ1) is 22.1. The average molecular weight is 430 g/mol. The highest BCUT2D eigenvalue weighted by atomic mass is 16.3. The normalized spacial score (nSPS) is 36.4. The molecular weight excluding hydrogens is 394 g/mol. The first-order valence-corrected chi connectivity index (χ1v) is 11.4. The summed E-state index contributed by atoms with van der Waals surface area (Å²) in [5, 5.41) is 22.6. The van der Waals surface area contributed by atoms with E-state index in [4.69, 9.17) is 0 Å². The van der Waals surface area contributed by atoms with Crippen molar-refractivity contribution in [3.05, 3.63) is 29.3 Å². The summed E-state index contributed by atoms with van der Waals surface area (Å²) < 4.78 is 0. The Kier molecular flexibility index (Phi) is 5.13. The van der Waals surface area contributed by atoms with Crippen molar-refractivity contribution in [2.24, 2.45) is 0 Å². The molecule has 2 aliphatic heterocycles. The molecule has 2 N–H and O–H groups in total. The summed E-state index contributed by atoms with van der Waals surface area (Å²) in [5.41, 5.74) is -0.904. The van der Waals surface area contributed by atoms with Crippen LogP contribution in [0, 0.1) is 6.92 Å². The Morgan fingerprint density at radius 1 is 1.13 bits per heavy atom. The summed E-state index contributed by atoms with van der Waals surface area (Å²) in [6, 6.07) is 4.94. The monoisotopic (exact) mass is 429 g/mol. The highest BCUT2D eigenvalue weighted by Gasteiger charge is 2.69. The minimum absolute atomic E-state index is 0.120. The molecule has 7 heteroatoms. The van der Waals surface area contributed by atoms with Gasteiger partial charge >= 0.3 is 6.03 Å². The number of hydrogen-bond acceptors (Lipinski definition) is 5. The number of phenolic OH excluding ortho intramolecular Hbond substituents is 1. The van der Waals surface area contributed by atoms with E-state index in [1.165, 1.54) is 4.90 Å². The second-order valence-corrected chi connectivity index (χ2v) is 9.70. The molecule has 31 heavy (non-hydrogen) atoms. The number of phenols is 1. The second kappa shape index (κ2) is 7.20. The number of urea groups is 1. The molecule has 0 radical (unpaired) electrons. The number of hydrogen-bond donors (Lipinski definition) is 2. The Balaban J connectivity index is 1.94. The molecule has 4 atom stereocenters. The maximum absolute atomic E-state index is 13.7. The van der Waals surface area contributed by atoms with E-state index in [1.54, 1.807) is 17.0 Å². The van der Waals surface area contributed by atoms with Crippen LogP contribution in [0.15, 0.2) is 18.2 Å². The Labute approximate surface area is 184 Å². The van der Waals surface area contributed by atoms with Crippen LogP contribution in [0.1, 0.15) is 57.6 Å². The maximum atomic E-state index is 13.7. The number of carbonyl (C=O) groups is 2. The molecule has 3 fully saturated rings.